The molecule has 0 bridgehead atoms. The number of allylic oxidation sites excluding steroid dienone is 2. The summed E-state index contributed by atoms with van der Waals surface area (Å²) in [7, 11) is 0. The summed E-state index contributed by atoms with van der Waals surface area (Å²) in [6.45, 7) is 0.780. The number of ether oxygens (including phenoxy) is 1. The molecule has 0 atom stereocenters. The summed E-state index contributed by atoms with van der Waals surface area (Å²) in [5.41, 5.74) is 4.91. The first-order chi connectivity index (χ1) is 15.0. The molecule has 4 aliphatic rings. The van der Waals surface area contributed by atoms with Crippen LogP contribution in [0.25, 0.3) is 16.8 Å². The molecule has 31 heavy (non-hydrogen) atoms. The van der Waals surface area contributed by atoms with Gasteiger partial charge >= 0.3 is 5.97 Å². The van der Waals surface area contributed by atoms with E-state index in [1.165, 1.54) is 24.0 Å². The molecule has 5 heteroatoms. The molecule has 2 saturated carbocycles. The minimum absolute atomic E-state index is 0.123. The lowest BCUT2D eigenvalue weighted by Crippen LogP contribution is -2.46. The van der Waals surface area contributed by atoms with Crippen LogP contribution in [0.15, 0.2) is 35.3 Å². The minimum atomic E-state index is -1.15. The Balaban J connectivity index is 1.53. The molecule has 3 aliphatic carbocycles. The van der Waals surface area contributed by atoms with Gasteiger partial charge in [-0.15, -0.1) is 0 Å². The molecule has 1 aromatic heterocycles. The van der Waals surface area contributed by atoms with Crippen molar-refractivity contribution >= 4 is 11.5 Å². The quantitative estimate of drug-likeness (QED) is 0.743. The summed E-state index contributed by atoms with van der Waals surface area (Å²) in [5.74, 6) is 0.514. The molecule has 0 saturated heterocycles. The van der Waals surface area contributed by atoms with Gasteiger partial charge in [0.25, 0.3) is 0 Å². The molecule has 0 amide bonds. The Bertz CT molecular complexity index is 1180. The van der Waals surface area contributed by atoms with E-state index in [1.54, 1.807) is 12.3 Å². The molecule has 1 aromatic carbocycles. The van der Waals surface area contributed by atoms with Gasteiger partial charge in [0.2, 0.25) is 0 Å². The van der Waals surface area contributed by atoms with E-state index < -0.39 is 11.4 Å². The largest absolute Gasteiger partial charge is 0.493 e. The molecule has 1 N–H and O–H groups in total. The monoisotopic (exact) mass is 417 g/mol. The van der Waals surface area contributed by atoms with Gasteiger partial charge in [-0.2, -0.15) is 0 Å². The lowest BCUT2D eigenvalue weighted by atomic mass is 9.69. The smallest absolute Gasteiger partial charge is 0.341 e. The van der Waals surface area contributed by atoms with Crippen molar-refractivity contribution in [1.29, 1.82) is 0 Å². The van der Waals surface area contributed by atoms with Crippen molar-refractivity contribution in [2.24, 2.45) is 5.92 Å². The molecule has 5 nitrogen and oxygen atoms in total. The second-order valence-corrected chi connectivity index (χ2v) is 9.75. The summed E-state index contributed by atoms with van der Waals surface area (Å²) >= 11 is 0. The second-order valence-electron chi connectivity index (χ2n) is 9.75. The van der Waals surface area contributed by atoms with E-state index in [1.807, 2.05) is 0 Å². The van der Waals surface area contributed by atoms with E-state index in [4.69, 9.17) is 4.74 Å². The predicted molar refractivity (Wildman–Crippen MR) is 119 cm³/mol. The van der Waals surface area contributed by atoms with Crippen LogP contribution in [0.4, 0.5) is 0 Å². The van der Waals surface area contributed by atoms with Crippen LogP contribution in [0.3, 0.4) is 0 Å². The standard InChI is InChI=1S/C26H27NO4/c28-23-12-22-19-11-20(17-4-1-2-5-17)24(31-15-16-6-7-16)10-18(19)13-26(8-3-9-26)27(22)14-21(23)25(29)30/h4,10-12,14,16H,1-3,5-9,13,15H2,(H,29,30). The van der Waals surface area contributed by atoms with E-state index in [0.29, 0.717) is 5.92 Å². The summed E-state index contributed by atoms with van der Waals surface area (Å²) in [6, 6.07) is 5.95. The fourth-order valence-electron chi connectivity index (χ4n) is 5.52. The van der Waals surface area contributed by atoms with Crippen molar-refractivity contribution < 1.29 is 14.6 Å². The lowest BCUT2D eigenvalue weighted by molar-refractivity contribution is 0.0691. The van der Waals surface area contributed by atoms with Crippen LogP contribution in [0.5, 0.6) is 5.75 Å². The molecule has 160 valence electrons. The van der Waals surface area contributed by atoms with Crippen molar-refractivity contribution in [2.45, 2.75) is 63.3 Å². The Morgan fingerprint density at radius 2 is 2.00 bits per heavy atom. The summed E-state index contributed by atoms with van der Waals surface area (Å²) in [6.07, 6.45) is 13.7. The minimum Gasteiger partial charge on any atom is -0.493 e. The van der Waals surface area contributed by atoms with Crippen LogP contribution in [0.2, 0.25) is 0 Å². The third-order valence-corrected chi connectivity index (χ3v) is 7.64. The number of nitrogens with zero attached hydrogens (tertiary/aromatic N) is 1. The van der Waals surface area contributed by atoms with Gasteiger partial charge in [0, 0.05) is 28.9 Å². The first-order valence-corrected chi connectivity index (χ1v) is 11.5. The van der Waals surface area contributed by atoms with Gasteiger partial charge in [-0.1, -0.05) is 6.08 Å². The molecule has 0 unspecified atom stereocenters. The SMILES string of the molecule is O=C(O)c1cn2c(cc1=O)-c1cc(C3=CCCC3)c(OCC3CC3)cc1CC21CCC1. The van der Waals surface area contributed by atoms with E-state index in [9.17, 15) is 14.7 Å². The second kappa shape index (κ2) is 6.84. The van der Waals surface area contributed by atoms with E-state index in [0.717, 1.165) is 74.1 Å². The summed E-state index contributed by atoms with van der Waals surface area (Å²) < 4.78 is 8.43. The number of fused-ring (bicyclic) bond motifs is 4. The van der Waals surface area contributed by atoms with Crippen molar-refractivity contribution in [3.8, 4) is 17.0 Å². The highest BCUT2D eigenvalue weighted by atomic mass is 16.5. The van der Waals surface area contributed by atoms with Crippen LogP contribution in [0.1, 0.15) is 72.9 Å². The summed E-state index contributed by atoms with van der Waals surface area (Å²) in [4.78, 5) is 24.3. The van der Waals surface area contributed by atoms with Gasteiger partial charge in [0.15, 0.2) is 5.43 Å². The normalized spacial score (nSPS) is 20.6. The van der Waals surface area contributed by atoms with E-state index >= 15 is 0 Å². The number of carbonyl (C=O) groups is 1. The topological polar surface area (TPSA) is 68.5 Å². The van der Waals surface area contributed by atoms with Crippen LogP contribution in [0, 0.1) is 5.92 Å². The molecule has 2 fully saturated rings. The number of hydrogen-bond acceptors (Lipinski definition) is 3. The maximum Gasteiger partial charge on any atom is 0.341 e. The predicted octanol–water partition coefficient (Wildman–Crippen LogP) is 5.00. The number of hydrogen-bond donors (Lipinski definition) is 1. The Kier molecular flexibility index (Phi) is 4.17. The Morgan fingerprint density at radius 1 is 1.16 bits per heavy atom. The Labute approximate surface area is 181 Å². The lowest BCUT2D eigenvalue weighted by Gasteiger charge is -2.49. The molecule has 6 rings (SSSR count). The molecular weight excluding hydrogens is 390 g/mol. The average Bonchev–Trinajstić information content (AvgIpc) is 3.40. The average molecular weight is 418 g/mol. The van der Waals surface area contributed by atoms with E-state index in [2.05, 4.69) is 22.8 Å². The van der Waals surface area contributed by atoms with Crippen LogP contribution in [-0.2, 0) is 12.0 Å². The van der Waals surface area contributed by atoms with Gasteiger partial charge in [-0.3, -0.25) is 4.79 Å². The number of benzene rings is 1. The molecule has 0 radical (unpaired) electrons. The zero-order chi connectivity index (χ0) is 21.2. The number of pyridine rings is 1. The zero-order valence-electron chi connectivity index (χ0n) is 17.7. The first kappa shape index (κ1) is 18.9. The van der Waals surface area contributed by atoms with Gasteiger partial charge in [0.05, 0.1) is 12.3 Å². The maximum absolute atomic E-state index is 12.6. The fourth-order valence-corrected chi connectivity index (χ4v) is 5.52. The van der Waals surface area contributed by atoms with Crippen LogP contribution >= 0.6 is 0 Å². The molecule has 1 aliphatic heterocycles. The third-order valence-electron chi connectivity index (χ3n) is 7.64. The van der Waals surface area contributed by atoms with Crippen molar-refractivity contribution in [1.82, 2.24) is 4.57 Å². The number of rotatable bonds is 5. The van der Waals surface area contributed by atoms with Crippen LogP contribution in [-0.4, -0.2) is 22.2 Å². The third kappa shape index (κ3) is 3.05. The Morgan fingerprint density at radius 3 is 2.65 bits per heavy atom. The number of aromatic carboxylic acids is 1. The highest BCUT2D eigenvalue weighted by Crippen LogP contribution is 2.50. The van der Waals surface area contributed by atoms with Crippen molar-refractivity contribution in [2.75, 3.05) is 6.61 Å². The molecule has 2 aromatic rings. The first-order valence-electron chi connectivity index (χ1n) is 11.5. The Hall–Kier alpha value is -2.82. The van der Waals surface area contributed by atoms with Crippen molar-refractivity contribution in [3.05, 3.63) is 57.4 Å². The maximum atomic E-state index is 12.6. The number of carboxylic acids is 1. The number of carboxylic acid groups (broad SMARTS) is 1. The molecule has 2 heterocycles. The van der Waals surface area contributed by atoms with Gasteiger partial charge in [0.1, 0.15) is 11.3 Å². The number of aromatic nitrogens is 1. The highest BCUT2D eigenvalue weighted by molar-refractivity contribution is 5.88. The molecule has 1 spiro atoms. The van der Waals surface area contributed by atoms with Crippen LogP contribution < -0.4 is 10.2 Å². The molecular formula is C26H27NO4. The van der Waals surface area contributed by atoms with Crippen molar-refractivity contribution in [3.63, 3.8) is 0 Å². The van der Waals surface area contributed by atoms with E-state index in [-0.39, 0.29) is 11.1 Å². The fraction of sp³-hybridized carbons (Fsp3) is 0.462. The van der Waals surface area contributed by atoms with Gasteiger partial charge in [-0.25, -0.2) is 4.79 Å². The van der Waals surface area contributed by atoms with Gasteiger partial charge in [-0.05, 0) is 87.0 Å². The summed E-state index contributed by atoms with van der Waals surface area (Å²) in [5, 5.41) is 9.52. The highest BCUT2D eigenvalue weighted by Gasteiger charge is 2.44. The zero-order valence-corrected chi connectivity index (χ0v) is 17.7. The van der Waals surface area contributed by atoms with Gasteiger partial charge < -0.3 is 14.4 Å².